The molecule has 1 fully saturated rings. The lowest BCUT2D eigenvalue weighted by Crippen LogP contribution is -2.38. The molecule has 1 unspecified atom stereocenters. The molecule has 0 aromatic carbocycles. The number of rotatable bonds is 8. The predicted molar refractivity (Wildman–Crippen MR) is 121 cm³/mol. The highest BCUT2D eigenvalue weighted by atomic mass is 32.2. The summed E-state index contributed by atoms with van der Waals surface area (Å²) in [6, 6.07) is 6.24. The molecule has 0 amide bonds. The summed E-state index contributed by atoms with van der Waals surface area (Å²) in [4.78, 5) is 6.90. The van der Waals surface area contributed by atoms with E-state index < -0.39 is 10.2 Å². The number of likely N-dealkylation sites (tertiary alicyclic amines) is 1. The molecule has 0 saturated carbocycles. The fourth-order valence-corrected chi connectivity index (χ4v) is 5.31. The lowest BCUT2D eigenvalue weighted by molar-refractivity contribution is 0.129. The van der Waals surface area contributed by atoms with Gasteiger partial charge in [-0.15, -0.1) is 4.09 Å². The van der Waals surface area contributed by atoms with E-state index in [0.717, 1.165) is 47.1 Å². The lowest BCUT2D eigenvalue weighted by Gasteiger charge is -2.36. The third-order valence-corrected chi connectivity index (χ3v) is 7.61. The molecule has 172 valence electrons. The van der Waals surface area contributed by atoms with E-state index in [2.05, 4.69) is 34.0 Å². The fraction of sp³-hybridized carbons (Fsp3) is 0.636. The van der Waals surface area contributed by atoms with E-state index in [1.54, 1.807) is 7.11 Å². The smallest absolute Gasteiger partial charge is 0.322 e. The molecule has 3 rings (SSSR count). The highest BCUT2D eigenvalue weighted by molar-refractivity contribution is 7.87. The summed E-state index contributed by atoms with van der Waals surface area (Å²) < 4.78 is 32.9. The Bertz CT molecular complexity index is 982. The van der Waals surface area contributed by atoms with Gasteiger partial charge < -0.3 is 4.74 Å². The molecule has 31 heavy (non-hydrogen) atoms. The summed E-state index contributed by atoms with van der Waals surface area (Å²) in [7, 11) is 0.874. The Morgan fingerprint density at radius 2 is 1.90 bits per heavy atom. The van der Waals surface area contributed by atoms with Gasteiger partial charge in [-0.05, 0) is 76.3 Å². The van der Waals surface area contributed by atoms with Crippen LogP contribution < -0.4 is 0 Å². The van der Waals surface area contributed by atoms with Crippen LogP contribution in [0.1, 0.15) is 54.1 Å². The third-order valence-electron chi connectivity index (χ3n) is 5.93. The van der Waals surface area contributed by atoms with Gasteiger partial charge >= 0.3 is 10.2 Å². The number of aryl methyl sites for hydroxylation is 2. The molecule has 0 bridgehead atoms. The van der Waals surface area contributed by atoms with Gasteiger partial charge in [0.15, 0.2) is 0 Å². The second-order valence-corrected chi connectivity index (χ2v) is 10.7. The quantitative estimate of drug-likeness (QED) is 0.616. The fourth-order valence-electron chi connectivity index (χ4n) is 4.40. The molecule has 0 spiro atoms. The maximum absolute atomic E-state index is 12.7. The molecular weight excluding hydrogens is 414 g/mol. The van der Waals surface area contributed by atoms with Crippen molar-refractivity contribution < 1.29 is 13.2 Å². The topological polar surface area (TPSA) is 80.6 Å². The molecule has 2 atom stereocenters. The van der Waals surface area contributed by atoms with Crippen molar-refractivity contribution in [2.45, 2.75) is 52.7 Å². The first-order chi connectivity index (χ1) is 14.6. The van der Waals surface area contributed by atoms with Crippen molar-refractivity contribution in [3.05, 3.63) is 46.5 Å². The zero-order chi connectivity index (χ0) is 22.8. The Kier molecular flexibility index (Phi) is 7.51. The van der Waals surface area contributed by atoms with Crippen LogP contribution in [-0.4, -0.2) is 66.1 Å². The summed E-state index contributed by atoms with van der Waals surface area (Å²) >= 11 is 0. The largest absolute Gasteiger partial charge is 0.378 e. The van der Waals surface area contributed by atoms with Gasteiger partial charge in [0.1, 0.15) is 0 Å². The standard InChI is InChI=1S/C22H35N5O3S/c1-16-10-20(11-17(2)23-16)12-19-8-7-9-26(14-19)18(3)22-13-21(15-30-6)27(24-22)31(28,29)25(4)5/h10-11,13,18-19H,7-9,12,14-15H2,1-6H3/t18?,19-/m1/s1. The monoisotopic (exact) mass is 449 g/mol. The van der Waals surface area contributed by atoms with Crippen LogP contribution in [0.2, 0.25) is 0 Å². The van der Waals surface area contributed by atoms with Crippen LogP contribution in [0, 0.1) is 19.8 Å². The summed E-state index contributed by atoms with van der Waals surface area (Å²) in [5.41, 5.74) is 4.76. The Balaban J connectivity index is 1.78. The number of pyridine rings is 1. The minimum atomic E-state index is -3.70. The molecule has 1 aliphatic heterocycles. The van der Waals surface area contributed by atoms with E-state index in [1.165, 1.54) is 30.4 Å². The molecule has 3 heterocycles. The third kappa shape index (κ3) is 5.52. The lowest BCUT2D eigenvalue weighted by atomic mass is 9.90. The van der Waals surface area contributed by atoms with E-state index >= 15 is 0 Å². The van der Waals surface area contributed by atoms with Crippen LogP contribution in [0.3, 0.4) is 0 Å². The van der Waals surface area contributed by atoms with Crippen molar-refractivity contribution >= 4 is 10.2 Å². The van der Waals surface area contributed by atoms with Gasteiger partial charge in [0.2, 0.25) is 0 Å². The van der Waals surface area contributed by atoms with Crippen LogP contribution in [-0.2, 0) is 28.0 Å². The molecule has 9 heteroatoms. The number of aromatic nitrogens is 3. The van der Waals surface area contributed by atoms with Crippen LogP contribution in [0.4, 0.5) is 0 Å². The van der Waals surface area contributed by atoms with Gasteiger partial charge in [-0.2, -0.15) is 17.8 Å². The molecular formula is C22H35N5O3S. The molecule has 2 aromatic heterocycles. The average molecular weight is 450 g/mol. The number of piperidine rings is 1. The first-order valence-electron chi connectivity index (χ1n) is 10.8. The highest BCUT2D eigenvalue weighted by Crippen LogP contribution is 2.29. The van der Waals surface area contributed by atoms with E-state index in [1.807, 2.05) is 19.9 Å². The van der Waals surface area contributed by atoms with Crippen LogP contribution in [0.15, 0.2) is 18.2 Å². The molecule has 0 aliphatic carbocycles. The summed E-state index contributed by atoms with van der Waals surface area (Å²) in [6.45, 7) is 8.33. The van der Waals surface area contributed by atoms with Gasteiger partial charge in [0, 0.05) is 39.1 Å². The maximum Gasteiger partial charge on any atom is 0.322 e. The molecule has 1 aliphatic rings. The van der Waals surface area contributed by atoms with E-state index in [-0.39, 0.29) is 12.6 Å². The summed E-state index contributed by atoms with van der Waals surface area (Å²) in [5, 5.41) is 4.49. The Morgan fingerprint density at radius 3 is 2.52 bits per heavy atom. The molecule has 8 nitrogen and oxygen atoms in total. The number of methoxy groups -OCH3 is 1. The van der Waals surface area contributed by atoms with Crippen LogP contribution >= 0.6 is 0 Å². The van der Waals surface area contributed by atoms with Gasteiger partial charge in [-0.25, -0.2) is 0 Å². The van der Waals surface area contributed by atoms with Crippen LogP contribution in [0.25, 0.3) is 0 Å². The van der Waals surface area contributed by atoms with Crippen molar-refractivity contribution in [1.29, 1.82) is 0 Å². The average Bonchev–Trinajstić information content (AvgIpc) is 3.11. The van der Waals surface area contributed by atoms with Crippen molar-refractivity contribution in [1.82, 2.24) is 23.4 Å². The number of hydrogen-bond acceptors (Lipinski definition) is 6. The normalized spacial score (nSPS) is 19.1. The number of nitrogens with zero attached hydrogens (tertiary/aromatic N) is 5. The first-order valence-corrected chi connectivity index (χ1v) is 12.2. The van der Waals surface area contributed by atoms with Gasteiger partial charge in [0.05, 0.1) is 24.0 Å². The van der Waals surface area contributed by atoms with Crippen molar-refractivity contribution in [3.63, 3.8) is 0 Å². The van der Waals surface area contributed by atoms with E-state index in [0.29, 0.717) is 11.6 Å². The van der Waals surface area contributed by atoms with Crippen molar-refractivity contribution in [3.8, 4) is 0 Å². The minimum absolute atomic E-state index is 0.0259. The first kappa shape index (κ1) is 23.8. The number of ether oxygens (including phenoxy) is 1. The second kappa shape index (κ2) is 9.77. The van der Waals surface area contributed by atoms with E-state index in [4.69, 9.17) is 4.74 Å². The number of hydrogen-bond donors (Lipinski definition) is 0. The summed E-state index contributed by atoms with van der Waals surface area (Å²) in [5.74, 6) is 0.559. The molecule has 0 N–H and O–H groups in total. The zero-order valence-corrected chi connectivity index (χ0v) is 20.3. The molecule has 2 aromatic rings. The summed E-state index contributed by atoms with van der Waals surface area (Å²) in [6.07, 6.45) is 3.35. The van der Waals surface area contributed by atoms with Gasteiger partial charge in [-0.1, -0.05) is 0 Å². The van der Waals surface area contributed by atoms with Crippen LogP contribution in [0.5, 0.6) is 0 Å². The van der Waals surface area contributed by atoms with Gasteiger partial charge in [0.25, 0.3) is 0 Å². The SMILES string of the molecule is COCc1cc(C(C)N2CCC[C@H](Cc3cc(C)nc(C)c3)C2)nn1S(=O)(=O)N(C)C. The Morgan fingerprint density at radius 1 is 1.23 bits per heavy atom. The van der Waals surface area contributed by atoms with Crippen molar-refractivity contribution in [2.75, 3.05) is 34.3 Å². The second-order valence-electron chi connectivity index (χ2n) is 8.77. The zero-order valence-electron chi connectivity index (χ0n) is 19.5. The van der Waals surface area contributed by atoms with Gasteiger partial charge in [-0.3, -0.25) is 9.88 Å². The Labute approximate surface area is 186 Å². The Hall–Kier alpha value is -1.81. The highest BCUT2D eigenvalue weighted by Gasteiger charge is 2.29. The van der Waals surface area contributed by atoms with E-state index in [9.17, 15) is 8.42 Å². The minimum Gasteiger partial charge on any atom is -0.378 e. The molecule has 1 saturated heterocycles. The maximum atomic E-state index is 12.7. The van der Waals surface area contributed by atoms with Crippen molar-refractivity contribution in [2.24, 2.45) is 5.92 Å². The molecule has 0 radical (unpaired) electrons. The predicted octanol–water partition coefficient (Wildman–Crippen LogP) is 2.71.